The van der Waals surface area contributed by atoms with Gasteiger partial charge in [-0.25, -0.2) is 0 Å². The second kappa shape index (κ2) is 8.42. The Morgan fingerprint density at radius 3 is 2.38 bits per heavy atom. The van der Waals surface area contributed by atoms with Crippen LogP contribution in [0.4, 0.5) is 5.69 Å². The van der Waals surface area contributed by atoms with Crippen molar-refractivity contribution in [3.8, 4) is 0 Å². The third kappa shape index (κ3) is 5.34. The Morgan fingerprint density at radius 2 is 1.90 bits per heavy atom. The molecule has 0 N–H and O–H groups in total. The molecule has 0 fully saturated rings. The largest absolute Gasteiger partial charge is 0.466 e. The van der Waals surface area contributed by atoms with Crippen molar-refractivity contribution in [2.75, 3.05) is 44.3 Å². The molecule has 0 saturated carbocycles. The summed E-state index contributed by atoms with van der Waals surface area (Å²) in [6.07, 6.45) is -0.279. The number of ether oxygens (including phenoxy) is 1. The van der Waals surface area contributed by atoms with Crippen LogP contribution in [0, 0.1) is 0 Å². The van der Waals surface area contributed by atoms with E-state index in [2.05, 4.69) is 0 Å². The molecule has 0 heterocycles. The number of alkyl halides is 1. The van der Waals surface area contributed by atoms with Gasteiger partial charge in [0.25, 0.3) is 0 Å². The van der Waals surface area contributed by atoms with Gasteiger partial charge >= 0.3 is 5.97 Å². The van der Waals surface area contributed by atoms with E-state index in [-0.39, 0.29) is 25.3 Å². The first-order chi connectivity index (χ1) is 9.92. The van der Waals surface area contributed by atoms with E-state index in [4.69, 9.17) is 20.9 Å². The summed E-state index contributed by atoms with van der Waals surface area (Å²) in [5.41, 5.74) is 0.971. The smallest absolute Gasteiger partial charge is 0.315 e. The Hall–Kier alpha value is -1.03. The summed E-state index contributed by atoms with van der Waals surface area (Å²) in [5, 5.41) is 0.492. The van der Waals surface area contributed by atoms with Crippen LogP contribution in [0.3, 0.4) is 0 Å². The van der Waals surface area contributed by atoms with E-state index in [1.807, 2.05) is 31.1 Å². The van der Waals surface area contributed by atoms with Gasteiger partial charge in [0.15, 0.2) is 0 Å². The van der Waals surface area contributed by atoms with Gasteiger partial charge in [-0.05, 0) is 31.2 Å². The number of carbonyl (C=O) groups excluding carboxylic acids is 1. The fourth-order valence-corrected chi connectivity index (χ4v) is 3.78. The monoisotopic (exact) mass is 333 g/mol. The van der Waals surface area contributed by atoms with Crippen LogP contribution in [0.2, 0.25) is 0 Å². The molecule has 0 aliphatic heterocycles. The van der Waals surface area contributed by atoms with Crippen molar-refractivity contribution in [3.05, 3.63) is 24.3 Å². The number of hydrogen-bond donors (Lipinski definition) is 0. The summed E-state index contributed by atoms with van der Waals surface area (Å²) in [5.74, 6) is -0.324. The van der Waals surface area contributed by atoms with E-state index >= 15 is 0 Å². The highest BCUT2D eigenvalue weighted by atomic mass is 35.5. The average Bonchev–Trinajstić information content (AvgIpc) is 2.45. The first-order valence-corrected chi connectivity index (χ1v) is 9.00. The van der Waals surface area contributed by atoms with Gasteiger partial charge < -0.3 is 14.2 Å². The van der Waals surface area contributed by atoms with E-state index in [0.717, 1.165) is 5.69 Å². The van der Waals surface area contributed by atoms with E-state index in [9.17, 15) is 9.36 Å². The molecule has 21 heavy (non-hydrogen) atoms. The minimum absolute atomic E-state index is 0.119. The maximum absolute atomic E-state index is 12.9. The molecule has 1 atom stereocenters. The molecule has 7 heteroatoms. The third-order valence-electron chi connectivity index (χ3n) is 2.78. The summed E-state index contributed by atoms with van der Waals surface area (Å²) in [6, 6.07) is 7.08. The molecule has 1 rings (SSSR count). The minimum atomic E-state index is -3.30. The predicted molar refractivity (Wildman–Crippen MR) is 86.2 cm³/mol. The molecule has 5 nitrogen and oxygen atoms in total. The summed E-state index contributed by atoms with van der Waals surface area (Å²) >= 11 is 5.59. The molecule has 0 aromatic heterocycles. The van der Waals surface area contributed by atoms with Gasteiger partial charge in [-0.3, -0.25) is 9.36 Å². The molecule has 1 aromatic carbocycles. The zero-order valence-corrected chi connectivity index (χ0v) is 14.2. The second-order valence-corrected chi connectivity index (χ2v) is 7.39. The molecule has 0 amide bonds. The van der Waals surface area contributed by atoms with E-state index in [1.165, 1.54) is 0 Å². The lowest BCUT2D eigenvalue weighted by atomic mass is 10.3. The van der Waals surface area contributed by atoms with Gasteiger partial charge in [-0.15, -0.1) is 11.6 Å². The average molecular weight is 334 g/mol. The van der Waals surface area contributed by atoms with Crippen LogP contribution in [0.15, 0.2) is 24.3 Å². The minimum Gasteiger partial charge on any atom is -0.466 e. The Bertz CT molecular complexity index is 504. The third-order valence-corrected chi connectivity index (χ3v) is 5.29. The maximum atomic E-state index is 12.9. The Labute approximate surface area is 130 Å². The lowest BCUT2D eigenvalue weighted by Crippen LogP contribution is -2.19. The van der Waals surface area contributed by atoms with Crippen molar-refractivity contribution >= 4 is 35.9 Å². The Balaban J connectivity index is 3.00. The number of nitrogens with zero attached hydrogens (tertiary/aromatic N) is 1. The summed E-state index contributed by atoms with van der Waals surface area (Å²) < 4.78 is 23.2. The van der Waals surface area contributed by atoms with Crippen molar-refractivity contribution in [1.82, 2.24) is 0 Å². The Kier molecular flexibility index (Phi) is 7.23. The summed E-state index contributed by atoms with van der Waals surface area (Å²) in [4.78, 5) is 13.6. The summed E-state index contributed by atoms with van der Waals surface area (Å²) in [7, 11) is 0.526. The highest BCUT2D eigenvalue weighted by molar-refractivity contribution is 7.67. The summed E-state index contributed by atoms with van der Waals surface area (Å²) in [6.45, 7) is 2.07. The van der Waals surface area contributed by atoms with Gasteiger partial charge in [-0.1, -0.05) is 0 Å². The van der Waals surface area contributed by atoms with Crippen LogP contribution in [-0.2, 0) is 18.6 Å². The van der Waals surface area contributed by atoms with Crippen LogP contribution >= 0.6 is 19.0 Å². The molecule has 1 aromatic rings. The molecule has 0 aliphatic carbocycles. The van der Waals surface area contributed by atoms with Gasteiger partial charge in [0.05, 0.1) is 13.2 Å². The van der Waals surface area contributed by atoms with Gasteiger partial charge in [0.1, 0.15) is 6.16 Å². The highest BCUT2D eigenvalue weighted by Gasteiger charge is 2.30. The van der Waals surface area contributed by atoms with Gasteiger partial charge in [0.2, 0.25) is 7.37 Å². The number of hydrogen-bond acceptors (Lipinski definition) is 5. The van der Waals surface area contributed by atoms with Crippen molar-refractivity contribution < 1.29 is 18.6 Å². The van der Waals surface area contributed by atoms with Crippen LogP contribution in [0.5, 0.6) is 0 Å². The van der Waals surface area contributed by atoms with E-state index in [1.54, 1.807) is 19.1 Å². The molecule has 118 valence electrons. The first-order valence-electron chi connectivity index (χ1n) is 6.66. The lowest BCUT2D eigenvalue weighted by molar-refractivity contribution is -0.140. The standard InChI is InChI=1S/C14H21ClNO4P/c1-4-19-14(17)11-21(18,20-10-9-15)13-7-5-12(6-8-13)16(2)3/h5-8H,4,9-11H2,1-3H3. The molecule has 0 aliphatic rings. The van der Waals surface area contributed by atoms with Crippen LogP contribution in [0.25, 0.3) is 0 Å². The first kappa shape index (κ1) is 18.0. The lowest BCUT2D eigenvalue weighted by Gasteiger charge is -2.19. The van der Waals surface area contributed by atoms with Crippen molar-refractivity contribution in [1.29, 1.82) is 0 Å². The van der Waals surface area contributed by atoms with E-state index < -0.39 is 13.3 Å². The zero-order valence-electron chi connectivity index (χ0n) is 12.5. The number of anilines is 1. The normalized spacial score (nSPS) is 13.5. The number of esters is 1. The number of rotatable bonds is 8. The number of benzene rings is 1. The van der Waals surface area contributed by atoms with Crippen LogP contribution in [-0.4, -0.2) is 45.3 Å². The number of halogens is 1. The van der Waals surface area contributed by atoms with E-state index in [0.29, 0.717) is 5.30 Å². The molecule has 1 unspecified atom stereocenters. The molecule has 0 saturated heterocycles. The van der Waals surface area contributed by atoms with Crippen LogP contribution in [0.1, 0.15) is 6.92 Å². The molecule has 0 bridgehead atoms. The predicted octanol–water partition coefficient (Wildman–Crippen LogP) is 2.47. The second-order valence-electron chi connectivity index (χ2n) is 4.57. The number of carbonyl (C=O) groups is 1. The quantitative estimate of drug-likeness (QED) is 0.415. The zero-order chi connectivity index (χ0) is 15.9. The van der Waals surface area contributed by atoms with Crippen LogP contribution < -0.4 is 10.2 Å². The van der Waals surface area contributed by atoms with Crippen molar-refractivity contribution in [2.45, 2.75) is 6.92 Å². The molecular weight excluding hydrogens is 313 g/mol. The van der Waals surface area contributed by atoms with Gasteiger partial charge in [0, 0.05) is 31.0 Å². The maximum Gasteiger partial charge on any atom is 0.315 e. The fourth-order valence-electron chi connectivity index (χ4n) is 1.75. The SMILES string of the molecule is CCOC(=O)CP(=O)(OCCCl)c1ccc(N(C)C)cc1. The molecule has 0 radical (unpaired) electrons. The van der Waals surface area contributed by atoms with Crippen molar-refractivity contribution in [3.63, 3.8) is 0 Å². The molecule has 0 spiro atoms. The topological polar surface area (TPSA) is 55.8 Å². The van der Waals surface area contributed by atoms with Crippen molar-refractivity contribution in [2.24, 2.45) is 0 Å². The Morgan fingerprint density at radius 1 is 1.29 bits per heavy atom. The highest BCUT2D eigenvalue weighted by Crippen LogP contribution is 2.45. The fraction of sp³-hybridized carbons (Fsp3) is 0.500. The van der Waals surface area contributed by atoms with Gasteiger partial charge in [-0.2, -0.15) is 0 Å². The molecular formula is C14H21ClNO4P.